The average Bonchev–Trinajstić information content (AvgIpc) is 2.73. The number of amides is 1. The number of carbonyl (C=O) groups excluding carboxylic acids is 1. The molecule has 2 nitrogen and oxygen atoms in total. The van der Waals surface area contributed by atoms with E-state index in [0.717, 1.165) is 22.4 Å². The van der Waals surface area contributed by atoms with Gasteiger partial charge in [0.15, 0.2) is 0 Å². The summed E-state index contributed by atoms with van der Waals surface area (Å²) in [4.78, 5) is 13.2. The summed E-state index contributed by atoms with van der Waals surface area (Å²) in [6, 6.07) is 11.1. The first-order valence-electron chi connectivity index (χ1n) is 6.77. The van der Waals surface area contributed by atoms with Gasteiger partial charge < -0.3 is 4.90 Å². The number of carbonyl (C=O) groups is 1. The van der Waals surface area contributed by atoms with Gasteiger partial charge in [-0.2, -0.15) is 0 Å². The standard InChI is InChI=1S/C17H15BrFNO/c1-10-3-5-13(14(19)7-10)17(18)11-4-6-15-12(8-11)9-16(21)20(15)2/h3-8,17H,9H2,1-2H3. The van der Waals surface area contributed by atoms with E-state index in [4.69, 9.17) is 0 Å². The predicted molar refractivity (Wildman–Crippen MR) is 85.5 cm³/mol. The number of halogens is 2. The van der Waals surface area contributed by atoms with Crippen LogP contribution in [0.15, 0.2) is 36.4 Å². The molecule has 1 atom stereocenters. The summed E-state index contributed by atoms with van der Waals surface area (Å²) in [5.41, 5.74) is 4.40. The molecule has 0 saturated carbocycles. The summed E-state index contributed by atoms with van der Waals surface area (Å²) in [5, 5.41) is 0. The van der Waals surface area contributed by atoms with Crippen LogP contribution in [-0.4, -0.2) is 13.0 Å². The van der Waals surface area contributed by atoms with E-state index in [1.807, 2.05) is 31.2 Å². The Morgan fingerprint density at radius 3 is 2.71 bits per heavy atom. The second-order valence-corrected chi connectivity index (χ2v) is 6.32. The molecule has 0 radical (unpaired) electrons. The Labute approximate surface area is 131 Å². The summed E-state index contributed by atoms with van der Waals surface area (Å²) in [6.07, 6.45) is 0.412. The molecule has 1 unspecified atom stereocenters. The highest BCUT2D eigenvalue weighted by Gasteiger charge is 2.25. The number of likely N-dealkylation sites (N-methyl/N-ethyl adjacent to an activating group) is 1. The van der Waals surface area contributed by atoms with Crippen molar-refractivity contribution < 1.29 is 9.18 Å². The number of benzene rings is 2. The average molecular weight is 348 g/mol. The summed E-state index contributed by atoms with van der Waals surface area (Å²) in [5.74, 6) is -0.125. The zero-order valence-electron chi connectivity index (χ0n) is 11.9. The Morgan fingerprint density at radius 1 is 1.24 bits per heavy atom. The smallest absolute Gasteiger partial charge is 0.231 e. The molecule has 1 heterocycles. The van der Waals surface area contributed by atoms with Gasteiger partial charge in [0.1, 0.15) is 5.82 Å². The molecule has 1 aliphatic heterocycles. The lowest BCUT2D eigenvalue weighted by atomic mass is 10.00. The Kier molecular flexibility index (Phi) is 3.57. The van der Waals surface area contributed by atoms with Crippen molar-refractivity contribution in [2.45, 2.75) is 18.2 Å². The largest absolute Gasteiger partial charge is 0.315 e. The molecule has 2 aromatic rings. The highest BCUT2D eigenvalue weighted by Crippen LogP contribution is 2.36. The lowest BCUT2D eigenvalue weighted by Crippen LogP contribution is -2.20. The number of nitrogens with zero attached hydrogens (tertiary/aromatic N) is 1. The Morgan fingerprint density at radius 2 is 2.00 bits per heavy atom. The molecule has 3 rings (SSSR count). The molecule has 108 valence electrons. The van der Waals surface area contributed by atoms with Gasteiger partial charge in [-0.3, -0.25) is 4.79 Å². The van der Waals surface area contributed by atoms with E-state index < -0.39 is 0 Å². The number of hydrogen-bond acceptors (Lipinski definition) is 1. The number of fused-ring (bicyclic) bond motifs is 1. The zero-order chi connectivity index (χ0) is 15.1. The third kappa shape index (κ3) is 2.48. The number of aryl methyl sites for hydroxylation is 1. The lowest BCUT2D eigenvalue weighted by Gasteiger charge is -2.15. The molecule has 0 spiro atoms. The van der Waals surface area contributed by atoms with Crippen molar-refractivity contribution in [1.82, 2.24) is 0 Å². The maximum atomic E-state index is 14.1. The summed E-state index contributed by atoms with van der Waals surface area (Å²) < 4.78 is 14.1. The van der Waals surface area contributed by atoms with Gasteiger partial charge in [0.05, 0.1) is 11.2 Å². The van der Waals surface area contributed by atoms with Gasteiger partial charge in [-0.05, 0) is 35.7 Å². The van der Waals surface area contributed by atoms with Crippen LogP contribution in [0.3, 0.4) is 0 Å². The van der Waals surface area contributed by atoms with Crippen LogP contribution >= 0.6 is 15.9 Å². The van der Waals surface area contributed by atoms with Crippen molar-refractivity contribution in [2.75, 3.05) is 11.9 Å². The maximum absolute atomic E-state index is 14.1. The Hall–Kier alpha value is -1.68. The molecule has 0 aromatic heterocycles. The molecule has 0 fully saturated rings. The topological polar surface area (TPSA) is 20.3 Å². The lowest BCUT2D eigenvalue weighted by molar-refractivity contribution is -0.117. The molecule has 0 saturated heterocycles. The van der Waals surface area contributed by atoms with Crippen LogP contribution in [0.4, 0.5) is 10.1 Å². The quantitative estimate of drug-likeness (QED) is 0.747. The van der Waals surface area contributed by atoms with Crippen molar-refractivity contribution in [3.63, 3.8) is 0 Å². The number of rotatable bonds is 2. The Balaban J connectivity index is 1.98. The van der Waals surface area contributed by atoms with Crippen LogP contribution in [0.25, 0.3) is 0 Å². The minimum atomic E-state index is -0.218. The van der Waals surface area contributed by atoms with Crippen molar-refractivity contribution in [3.8, 4) is 0 Å². The number of anilines is 1. The van der Waals surface area contributed by atoms with Crippen LogP contribution < -0.4 is 4.90 Å². The third-order valence-corrected chi connectivity index (χ3v) is 4.92. The summed E-state index contributed by atoms with van der Waals surface area (Å²) in [6.45, 7) is 1.87. The minimum absolute atomic E-state index is 0.0924. The minimum Gasteiger partial charge on any atom is -0.315 e. The fraction of sp³-hybridized carbons (Fsp3) is 0.235. The molecule has 21 heavy (non-hydrogen) atoms. The molecule has 4 heteroatoms. The van der Waals surface area contributed by atoms with Gasteiger partial charge in [-0.15, -0.1) is 0 Å². The third-order valence-electron chi connectivity index (χ3n) is 3.90. The van der Waals surface area contributed by atoms with E-state index in [-0.39, 0.29) is 16.6 Å². The molecular weight excluding hydrogens is 333 g/mol. The second-order valence-electron chi connectivity index (χ2n) is 5.41. The van der Waals surface area contributed by atoms with Gasteiger partial charge in [-0.1, -0.05) is 40.2 Å². The van der Waals surface area contributed by atoms with Gasteiger partial charge in [0.2, 0.25) is 5.91 Å². The van der Waals surface area contributed by atoms with E-state index in [0.29, 0.717) is 12.0 Å². The maximum Gasteiger partial charge on any atom is 0.231 e. The van der Waals surface area contributed by atoms with Gasteiger partial charge in [0, 0.05) is 18.3 Å². The van der Waals surface area contributed by atoms with Crippen LogP contribution in [0.2, 0.25) is 0 Å². The van der Waals surface area contributed by atoms with Crippen molar-refractivity contribution in [3.05, 3.63) is 64.5 Å². The van der Waals surface area contributed by atoms with Gasteiger partial charge in [0.25, 0.3) is 0 Å². The van der Waals surface area contributed by atoms with Gasteiger partial charge >= 0.3 is 0 Å². The molecule has 0 aliphatic carbocycles. The van der Waals surface area contributed by atoms with E-state index in [1.54, 1.807) is 18.0 Å². The molecule has 0 bridgehead atoms. The zero-order valence-corrected chi connectivity index (χ0v) is 13.4. The highest BCUT2D eigenvalue weighted by atomic mass is 79.9. The van der Waals surface area contributed by atoms with Crippen molar-refractivity contribution in [2.24, 2.45) is 0 Å². The molecule has 0 N–H and O–H groups in total. The van der Waals surface area contributed by atoms with Crippen LogP contribution in [0.1, 0.15) is 27.1 Å². The van der Waals surface area contributed by atoms with E-state index in [9.17, 15) is 9.18 Å². The van der Waals surface area contributed by atoms with E-state index in [2.05, 4.69) is 15.9 Å². The van der Waals surface area contributed by atoms with Gasteiger partial charge in [-0.25, -0.2) is 4.39 Å². The summed E-state index contributed by atoms with van der Waals surface area (Å²) in [7, 11) is 1.78. The second kappa shape index (κ2) is 5.26. The summed E-state index contributed by atoms with van der Waals surface area (Å²) >= 11 is 3.57. The fourth-order valence-corrected chi connectivity index (χ4v) is 3.32. The van der Waals surface area contributed by atoms with Crippen molar-refractivity contribution >= 4 is 27.5 Å². The first kappa shape index (κ1) is 14.3. The van der Waals surface area contributed by atoms with E-state index in [1.165, 1.54) is 6.07 Å². The molecule has 1 aliphatic rings. The molecule has 1 amide bonds. The first-order chi connectivity index (χ1) is 9.97. The highest BCUT2D eigenvalue weighted by molar-refractivity contribution is 9.09. The van der Waals surface area contributed by atoms with Crippen molar-refractivity contribution in [1.29, 1.82) is 0 Å². The van der Waals surface area contributed by atoms with Crippen LogP contribution in [0, 0.1) is 12.7 Å². The predicted octanol–water partition coefficient (Wildman–Crippen LogP) is 4.14. The number of alkyl halides is 1. The van der Waals surface area contributed by atoms with Crippen LogP contribution in [-0.2, 0) is 11.2 Å². The monoisotopic (exact) mass is 347 g/mol. The molecule has 2 aromatic carbocycles. The van der Waals surface area contributed by atoms with Crippen LogP contribution in [0.5, 0.6) is 0 Å². The number of hydrogen-bond donors (Lipinski definition) is 0. The molecular formula is C17H15BrFNO. The SMILES string of the molecule is Cc1ccc(C(Br)c2ccc3c(c2)CC(=O)N3C)c(F)c1. The van der Waals surface area contributed by atoms with E-state index >= 15 is 0 Å². The Bertz CT molecular complexity index is 729. The normalized spacial score (nSPS) is 15.2. The fourth-order valence-electron chi connectivity index (χ4n) is 2.67. The first-order valence-corrected chi connectivity index (χ1v) is 7.68.